The highest BCUT2D eigenvalue weighted by atomic mass is 35.5. The van der Waals surface area contributed by atoms with Gasteiger partial charge in [-0.25, -0.2) is 0 Å². The number of hydrogen-bond acceptors (Lipinski definition) is 2. The summed E-state index contributed by atoms with van der Waals surface area (Å²) in [4.78, 5) is 2.48. The number of rotatable bonds is 2. The van der Waals surface area contributed by atoms with Gasteiger partial charge < -0.3 is 10.0 Å². The van der Waals surface area contributed by atoms with E-state index in [2.05, 4.69) is 11.9 Å². The molecule has 3 unspecified atom stereocenters. The Labute approximate surface area is 124 Å². The Hall–Kier alpha value is -0.280. The van der Waals surface area contributed by atoms with Gasteiger partial charge in [-0.3, -0.25) is 0 Å². The van der Waals surface area contributed by atoms with Crippen LogP contribution in [0.15, 0.2) is 18.2 Å². The van der Waals surface area contributed by atoms with Gasteiger partial charge in [0.25, 0.3) is 0 Å². The normalized spacial score (nSPS) is 32.5. The van der Waals surface area contributed by atoms with Crippen LogP contribution in [0.25, 0.3) is 0 Å². The molecule has 19 heavy (non-hydrogen) atoms. The van der Waals surface area contributed by atoms with Crippen LogP contribution < -0.4 is 0 Å². The highest BCUT2D eigenvalue weighted by molar-refractivity contribution is 6.42. The van der Waals surface area contributed by atoms with Gasteiger partial charge in [-0.05, 0) is 56.3 Å². The predicted molar refractivity (Wildman–Crippen MR) is 78.7 cm³/mol. The molecule has 3 atom stereocenters. The van der Waals surface area contributed by atoms with Gasteiger partial charge in [-0.2, -0.15) is 0 Å². The van der Waals surface area contributed by atoms with E-state index in [0.29, 0.717) is 28.0 Å². The van der Waals surface area contributed by atoms with E-state index in [4.69, 9.17) is 23.2 Å². The van der Waals surface area contributed by atoms with Crippen LogP contribution in [0.1, 0.15) is 37.4 Å². The van der Waals surface area contributed by atoms with Crippen LogP contribution in [-0.4, -0.2) is 29.1 Å². The molecule has 4 heteroatoms. The average Bonchev–Trinajstić information content (AvgIpc) is 2.64. The van der Waals surface area contributed by atoms with Crippen molar-refractivity contribution in [1.82, 2.24) is 4.90 Å². The van der Waals surface area contributed by atoms with E-state index < -0.39 is 6.10 Å². The Kier molecular flexibility index (Phi) is 3.78. The lowest BCUT2D eigenvalue weighted by molar-refractivity contribution is 0.0356. The third kappa shape index (κ3) is 2.52. The molecule has 0 spiro atoms. The maximum Gasteiger partial charge on any atom is 0.0819 e. The lowest BCUT2D eigenvalue weighted by Crippen LogP contribution is -2.41. The Morgan fingerprint density at radius 1 is 1.16 bits per heavy atom. The summed E-state index contributed by atoms with van der Waals surface area (Å²) in [7, 11) is 2.21. The minimum absolute atomic E-state index is 0.339. The van der Waals surface area contributed by atoms with Crippen molar-refractivity contribution in [3.05, 3.63) is 33.8 Å². The van der Waals surface area contributed by atoms with Gasteiger partial charge >= 0.3 is 0 Å². The number of nitrogens with zero attached hydrogens (tertiary/aromatic N) is 1. The van der Waals surface area contributed by atoms with E-state index in [1.165, 1.54) is 12.8 Å². The van der Waals surface area contributed by atoms with Crippen molar-refractivity contribution >= 4 is 23.2 Å². The van der Waals surface area contributed by atoms with Crippen LogP contribution in [0.2, 0.25) is 10.0 Å². The van der Waals surface area contributed by atoms with Crippen molar-refractivity contribution in [2.24, 2.45) is 5.92 Å². The maximum atomic E-state index is 10.6. The topological polar surface area (TPSA) is 23.5 Å². The monoisotopic (exact) mass is 299 g/mol. The summed E-state index contributed by atoms with van der Waals surface area (Å²) in [6.07, 6.45) is 4.27. The summed E-state index contributed by atoms with van der Waals surface area (Å²) < 4.78 is 0. The molecular weight excluding hydrogens is 281 g/mol. The van der Waals surface area contributed by atoms with E-state index >= 15 is 0 Å². The average molecular weight is 300 g/mol. The fraction of sp³-hybridized carbons (Fsp3) is 0.600. The summed E-state index contributed by atoms with van der Waals surface area (Å²) in [5.41, 5.74) is 0.892. The molecule has 0 saturated carbocycles. The number of benzene rings is 1. The standard InChI is InChI=1S/C15H19Cl2NO/c1-18-11-3-4-12(18)7-10(6-11)15(19)9-2-5-13(16)14(17)8-9/h2,5,8,10-12,15,19H,3-4,6-7H2,1H3. The first-order chi connectivity index (χ1) is 9.06. The zero-order valence-corrected chi connectivity index (χ0v) is 12.5. The van der Waals surface area contributed by atoms with Crippen molar-refractivity contribution in [2.75, 3.05) is 7.05 Å². The molecule has 0 radical (unpaired) electrons. The number of piperidine rings is 1. The summed E-state index contributed by atoms with van der Waals surface area (Å²) >= 11 is 12.0. The smallest absolute Gasteiger partial charge is 0.0819 e. The van der Waals surface area contributed by atoms with Gasteiger partial charge in [0.2, 0.25) is 0 Å². The molecular formula is C15H19Cl2NO. The van der Waals surface area contributed by atoms with Crippen molar-refractivity contribution in [3.8, 4) is 0 Å². The number of aliphatic hydroxyl groups is 1. The minimum atomic E-state index is -0.424. The number of aliphatic hydroxyl groups excluding tert-OH is 1. The van der Waals surface area contributed by atoms with Crippen molar-refractivity contribution in [2.45, 2.75) is 43.9 Å². The highest BCUT2D eigenvalue weighted by Gasteiger charge is 2.40. The Morgan fingerprint density at radius 2 is 1.79 bits per heavy atom. The second kappa shape index (κ2) is 5.25. The van der Waals surface area contributed by atoms with Crippen LogP contribution in [-0.2, 0) is 0 Å². The first-order valence-electron chi connectivity index (χ1n) is 6.91. The molecule has 2 nitrogen and oxygen atoms in total. The molecule has 1 aromatic carbocycles. The number of halogens is 2. The van der Waals surface area contributed by atoms with Gasteiger partial charge in [-0.15, -0.1) is 0 Å². The zero-order valence-electron chi connectivity index (χ0n) is 11.0. The van der Waals surface area contributed by atoms with Crippen molar-refractivity contribution in [1.29, 1.82) is 0 Å². The zero-order chi connectivity index (χ0) is 13.6. The van der Waals surface area contributed by atoms with Crippen LogP contribution in [0.4, 0.5) is 0 Å². The summed E-state index contributed by atoms with van der Waals surface area (Å²) in [6, 6.07) is 6.74. The van der Waals surface area contributed by atoms with Crippen LogP contribution in [0.3, 0.4) is 0 Å². The molecule has 0 aliphatic carbocycles. The largest absolute Gasteiger partial charge is 0.388 e. The first-order valence-corrected chi connectivity index (χ1v) is 7.67. The molecule has 1 N–H and O–H groups in total. The minimum Gasteiger partial charge on any atom is -0.388 e. The highest BCUT2D eigenvalue weighted by Crippen LogP contribution is 2.42. The Bertz CT molecular complexity index is 465. The first kappa shape index (κ1) is 13.7. The molecule has 2 bridgehead atoms. The Balaban J connectivity index is 1.77. The van der Waals surface area contributed by atoms with Gasteiger partial charge in [-0.1, -0.05) is 29.3 Å². The van der Waals surface area contributed by atoms with Crippen LogP contribution in [0, 0.1) is 5.92 Å². The van der Waals surface area contributed by atoms with Crippen molar-refractivity contribution in [3.63, 3.8) is 0 Å². The van der Waals surface area contributed by atoms with Gasteiger partial charge in [0.15, 0.2) is 0 Å². The molecule has 3 rings (SSSR count). The molecule has 2 heterocycles. The molecule has 2 saturated heterocycles. The second-order valence-electron chi connectivity index (χ2n) is 5.90. The van der Waals surface area contributed by atoms with Gasteiger partial charge in [0.1, 0.15) is 0 Å². The number of fused-ring (bicyclic) bond motifs is 2. The van der Waals surface area contributed by atoms with Crippen LogP contribution in [0.5, 0.6) is 0 Å². The fourth-order valence-corrected chi connectivity index (χ4v) is 3.99. The van der Waals surface area contributed by atoms with E-state index in [1.54, 1.807) is 12.1 Å². The lowest BCUT2D eigenvalue weighted by atomic mass is 9.84. The van der Waals surface area contributed by atoms with E-state index in [-0.39, 0.29) is 0 Å². The van der Waals surface area contributed by atoms with Gasteiger partial charge in [0.05, 0.1) is 16.1 Å². The quantitative estimate of drug-likeness (QED) is 0.895. The molecule has 2 fully saturated rings. The molecule has 2 aliphatic rings. The third-order valence-electron chi connectivity index (χ3n) is 4.87. The Morgan fingerprint density at radius 3 is 2.37 bits per heavy atom. The van der Waals surface area contributed by atoms with E-state index in [1.807, 2.05) is 6.07 Å². The van der Waals surface area contributed by atoms with Crippen molar-refractivity contribution < 1.29 is 5.11 Å². The molecule has 2 aliphatic heterocycles. The molecule has 104 valence electrons. The van der Waals surface area contributed by atoms with Crippen LogP contribution >= 0.6 is 23.2 Å². The van der Waals surface area contributed by atoms with Gasteiger partial charge in [0, 0.05) is 12.1 Å². The predicted octanol–water partition coefficient (Wildman–Crippen LogP) is 3.90. The molecule has 0 amide bonds. The SMILES string of the molecule is CN1C2CCC1CC(C(O)c1ccc(Cl)c(Cl)c1)C2. The molecule has 1 aromatic rings. The summed E-state index contributed by atoms with van der Waals surface area (Å²) in [5.74, 6) is 0.339. The maximum absolute atomic E-state index is 10.6. The second-order valence-corrected chi connectivity index (χ2v) is 6.71. The fourth-order valence-electron chi connectivity index (χ4n) is 3.68. The summed E-state index contributed by atoms with van der Waals surface area (Å²) in [6.45, 7) is 0. The summed E-state index contributed by atoms with van der Waals surface area (Å²) in [5, 5.41) is 11.7. The third-order valence-corrected chi connectivity index (χ3v) is 5.61. The van der Waals surface area contributed by atoms with E-state index in [9.17, 15) is 5.11 Å². The number of hydrogen-bond donors (Lipinski definition) is 1. The molecule has 0 aromatic heterocycles. The lowest BCUT2D eigenvalue weighted by Gasteiger charge is -2.38. The van der Waals surface area contributed by atoms with E-state index in [0.717, 1.165) is 18.4 Å².